The van der Waals surface area contributed by atoms with E-state index in [1.54, 1.807) is 23.9 Å². The lowest BCUT2D eigenvalue weighted by molar-refractivity contribution is 0.444. The summed E-state index contributed by atoms with van der Waals surface area (Å²) in [6.45, 7) is 1.43. The minimum Gasteiger partial charge on any atom is -0.508 e. The molecule has 0 aliphatic heterocycles. The third kappa shape index (κ3) is 4.47. The van der Waals surface area contributed by atoms with E-state index in [1.165, 1.54) is 6.07 Å². The number of nitrogens with one attached hydrogen (secondary N) is 1. The van der Waals surface area contributed by atoms with Gasteiger partial charge in [0.05, 0.1) is 5.75 Å². The molecule has 1 aromatic rings. The number of thioether (sulfide) groups is 1. The van der Waals surface area contributed by atoms with Crippen LogP contribution in [0.4, 0.5) is 0 Å². The summed E-state index contributed by atoms with van der Waals surface area (Å²) in [7, 11) is 0. The van der Waals surface area contributed by atoms with Crippen molar-refractivity contribution in [1.82, 2.24) is 5.32 Å². The van der Waals surface area contributed by atoms with Crippen LogP contribution in [0.3, 0.4) is 0 Å². The van der Waals surface area contributed by atoms with Crippen LogP contribution in [0, 0.1) is 12.3 Å². The van der Waals surface area contributed by atoms with Gasteiger partial charge in [-0.15, -0.1) is 18.2 Å². The van der Waals surface area contributed by atoms with E-state index in [-0.39, 0.29) is 11.5 Å². The minimum atomic E-state index is 0.0748. The number of terminal acetylenes is 1. The van der Waals surface area contributed by atoms with Crippen LogP contribution < -0.4 is 5.32 Å². The number of benzene rings is 1. The first kappa shape index (κ1) is 12.8. The highest BCUT2D eigenvalue weighted by Gasteiger charge is 2.01. The zero-order valence-electron chi connectivity index (χ0n) is 8.94. The molecule has 0 heterocycles. The normalized spacial score (nSPS) is 9.94. The van der Waals surface area contributed by atoms with Crippen LogP contribution in [0.5, 0.6) is 11.5 Å². The molecular formula is C12H15NO2S. The number of phenols is 2. The maximum absolute atomic E-state index is 9.50. The highest BCUT2D eigenvalue weighted by molar-refractivity contribution is 7.99. The Balaban J connectivity index is 2.25. The summed E-state index contributed by atoms with van der Waals surface area (Å²) in [4.78, 5) is 0. The molecule has 0 amide bonds. The van der Waals surface area contributed by atoms with E-state index in [9.17, 15) is 5.11 Å². The molecule has 0 unspecified atom stereocenters. The molecule has 1 aromatic carbocycles. The molecule has 0 aliphatic rings. The number of hydrogen-bond acceptors (Lipinski definition) is 4. The van der Waals surface area contributed by atoms with Gasteiger partial charge in [-0.3, -0.25) is 0 Å². The van der Waals surface area contributed by atoms with Crippen molar-refractivity contribution in [3.05, 3.63) is 23.8 Å². The predicted molar refractivity (Wildman–Crippen MR) is 67.6 cm³/mol. The first-order valence-corrected chi connectivity index (χ1v) is 6.12. The van der Waals surface area contributed by atoms with Gasteiger partial charge in [-0.2, -0.15) is 0 Å². The monoisotopic (exact) mass is 237 g/mol. The summed E-state index contributed by atoms with van der Waals surface area (Å²) in [6.07, 6.45) is 5.12. The van der Waals surface area contributed by atoms with Crippen LogP contribution in [-0.4, -0.2) is 28.3 Å². The highest BCUT2D eigenvalue weighted by atomic mass is 32.2. The Morgan fingerprint density at radius 1 is 1.38 bits per heavy atom. The fraction of sp³-hybridized carbons (Fsp3) is 0.333. The number of rotatable bonds is 6. The number of phenolic OH excluding ortho intramolecular Hbond substituents is 2. The molecule has 16 heavy (non-hydrogen) atoms. The zero-order valence-corrected chi connectivity index (χ0v) is 9.76. The summed E-state index contributed by atoms with van der Waals surface area (Å²) in [6, 6.07) is 4.60. The average Bonchev–Trinajstić information content (AvgIpc) is 2.26. The summed E-state index contributed by atoms with van der Waals surface area (Å²) >= 11 is 1.69. The fourth-order valence-corrected chi connectivity index (χ4v) is 1.75. The van der Waals surface area contributed by atoms with Gasteiger partial charge in [0.15, 0.2) is 0 Å². The maximum atomic E-state index is 9.50. The van der Waals surface area contributed by atoms with Gasteiger partial charge in [0, 0.05) is 30.5 Å². The van der Waals surface area contributed by atoms with Crippen LogP contribution in [0.2, 0.25) is 0 Å². The van der Waals surface area contributed by atoms with Crippen LogP contribution in [-0.2, 0) is 6.54 Å². The van der Waals surface area contributed by atoms with Gasteiger partial charge in [0.25, 0.3) is 0 Å². The predicted octanol–water partition coefficient (Wildman–Crippen LogP) is 1.55. The second kappa shape index (κ2) is 7.04. The first-order chi connectivity index (χ1) is 7.74. The van der Waals surface area contributed by atoms with E-state index in [2.05, 4.69) is 11.2 Å². The molecule has 0 spiro atoms. The fourth-order valence-electron chi connectivity index (χ4n) is 1.20. The smallest absolute Gasteiger partial charge is 0.123 e. The van der Waals surface area contributed by atoms with E-state index < -0.39 is 0 Å². The average molecular weight is 237 g/mol. The van der Waals surface area contributed by atoms with E-state index in [0.717, 1.165) is 23.6 Å². The van der Waals surface area contributed by atoms with Crippen molar-refractivity contribution in [2.45, 2.75) is 6.54 Å². The molecule has 1 rings (SSSR count). The van der Waals surface area contributed by atoms with Crippen molar-refractivity contribution >= 4 is 11.8 Å². The van der Waals surface area contributed by atoms with Gasteiger partial charge < -0.3 is 15.5 Å². The third-order valence-electron chi connectivity index (χ3n) is 1.99. The quantitative estimate of drug-likeness (QED) is 0.519. The van der Waals surface area contributed by atoms with Crippen molar-refractivity contribution < 1.29 is 10.2 Å². The van der Waals surface area contributed by atoms with Crippen molar-refractivity contribution in [2.24, 2.45) is 0 Å². The molecule has 0 aliphatic carbocycles. The summed E-state index contributed by atoms with van der Waals surface area (Å²) in [5.74, 6) is 4.42. The Bertz CT molecular complexity index is 374. The molecule has 0 bridgehead atoms. The Kier molecular flexibility index (Phi) is 5.62. The lowest BCUT2D eigenvalue weighted by Gasteiger charge is -2.06. The molecule has 86 valence electrons. The van der Waals surface area contributed by atoms with Crippen LogP contribution in [0.25, 0.3) is 0 Å². The number of aromatic hydroxyl groups is 2. The Morgan fingerprint density at radius 2 is 2.19 bits per heavy atom. The van der Waals surface area contributed by atoms with Gasteiger partial charge in [-0.1, -0.05) is 12.0 Å². The standard InChI is InChI=1S/C12H15NO2S/c1-2-6-16-7-5-13-9-10-3-4-11(14)8-12(10)15/h1,3-4,8,13-15H,5-7,9H2. The van der Waals surface area contributed by atoms with E-state index in [0.29, 0.717) is 6.54 Å². The summed E-state index contributed by atoms with van der Waals surface area (Å²) in [5, 5.41) is 21.8. The van der Waals surface area contributed by atoms with E-state index in [4.69, 9.17) is 11.5 Å². The second-order valence-corrected chi connectivity index (χ2v) is 4.35. The molecule has 0 fully saturated rings. The molecule has 3 nitrogen and oxygen atoms in total. The largest absolute Gasteiger partial charge is 0.508 e. The van der Waals surface area contributed by atoms with Crippen LogP contribution >= 0.6 is 11.8 Å². The molecule has 4 heteroatoms. The molecule has 0 saturated carbocycles. The summed E-state index contributed by atoms with van der Waals surface area (Å²) < 4.78 is 0. The maximum Gasteiger partial charge on any atom is 0.123 e. The SMILES string of the molecule is C#CCSCCNCc1ccc(O)cc1O. The molecule has 3 N–H and O–H groups in total. The van der Waals surface area contributed by atoms with Crippen molar-refractivity contribution in [3.8, 4) is 23.8 Å². The Labute approximate surface area is 99.9 Å². The number of hydrogen-bond donors (Lipinski definition) is 3. The lowest BCUT2D eigenvalue weighted by Crippen LogP contribution is -2.16. The van der Waals surface area contributed by atoms with Crippen molar-refractivity contribution in [1.29, 1.82) is 0 Å². The molecule has 0 saturated heterocycles. The van der Waals surface area contributed by atoms with Crippen LogP contribution in [0.15, 0.2) is 18.2 Å². The molecule has 0 aromatic heterocycles. The van der Waals surface area contributed by atoms with Gasteiger partial charge >= 0.3 is 0 Å². The van der Waals surface area contributed by atoms with Gasteiger partial charge in [-0.25, -0.2) is 0 Å². The van der Waals surface area contributed by atoms with Gasteiger partial charge in [0.2, 0.25) is 0 Å². The third-order valence-corrected chi connectivity index (χ3v) is 2.86. The summed E-state index contributed by atoms with van der Waals surface area (Å²) in [5.41, 5.74) is 0.778. The lowest BCUT2D eigenvalue weighted by atomic mass is 10.2. The van der Waals surface area contributed by atoms with E-state index in [1.807, 2.05) is 0 Å². The molecule has 0 atom stereocenters. The van der Waals surface area contributed by atoms with E-state index >= 15 is 0 Å². The minimum absolute atomic E-state index is 0.0748. The molecular weight excluding hydrogens is 222 g/mol. The first-order valence-electron chi connectivity index (χ1n) is 4.97. The van der Waals surface area contributed by atoms with Gasteiger partial charge in [-0.05, 0) is 6.07 Å². The van der Waals surface area contributed by atoms with Crippen molar-refractivity contribution in [2.75, 3.05) is 18.1 Å². The second-order valence-electron chi connectivity index (χ2n) is 3.25. The van der Waals surface area contributed by atoms with Gasteiger partial charge in [0.1, 0.15) is 11.5 Å². The molecule has 0 radical (unpaired) electrons. The van der Waals surface area contributed by atoms with Crippen LogP contribution in [0.1, 0.15) is 5.56 Å². The highest BCUT2D eigenvalue weighted by Crippen LogP contribution is 2.22. The topological polar surface area (TPSA) is 52.5 Å². The Morgan fingerprint density at radius 3 is 2.88 bits per heavy atom. The van der Waals surface area contributed by atoms with Crippen molar-refractivity contribution in [3.63, 3.8) is 0 Å². The Hall–Kier alpha value is -1.31. The zero-order chi connectivity index (χ0) is 11.8.